The molecule has 162 valence electrons. The van der Waals surface area contributed by atoms with Gasteiger partial charge in [0.05, 0.1) is 22.3 Å². The number of nitrogens with zero attached hydrogens (tertiary/aromatic N) is 2. The fourth-order valence-corrected chi connectivity index (χ4v) is 4.74. The Balaban J connectivity index is 1.52. The Bertz CT molecular complexity index is 1280. The average Bonchev–Trinajstić information content (AvgIpc) is 3.24. The summed E-state index contributed by atoms with van der Waals surface area (Å²) in [7, 11) is -3.72. The molecule has 0 aliphatic carbocycles. The molecular weight excluding hydrogens is 424 g/mol. The van der Waals surface area contributed by atoms with Crippen LogP contribution >= 0.6 is 0 Å². The summed E-state index contributed by atoms with van der Waals surface area (Å²) in [5.74, 6) is -0.327. The lowest BCUT2D eigenvalue weighted by atomic mass is 10.1. The summed E-state index contributed by atoms with van der Waals surface area (Å²) in [6.45, 7) is 0.870. The van der Waals surface area contributed by atoms with Crippen LogP contribution in [-0.2, 0) is 16.4 Å². The Morgan fingerprint density at radius 2 is 1.66 bits per heavy atom. The highest BCUT2D eigenvalue weighted by atomic mass is 32.2. The molecule has 0 fully saturated rings. The van der Waals surface area contributed by atoms with Gasteiger partial charge >= 0.3 is 0 Å². The van der Waals surface area contributed by atoms with Crippen LogP contribution in [0.5, 0.6) is 0 Å². The van der Waals surface area contributed by atoms with Crippen LogP contribution in [0.1, 0.15) is 22.3 Å². The van der Waals surface area contributed by atoms with Gasteiger partial charge in [-0.05, 0) is 54.4 Å². The van der Waals surface area contributed by atoms with E-state index in [1.807, 2.05) is 42.5 Å². The molecule has 32 heavy (non-hydrogen) atoms. The number of hydrogen-bond acceptors (Lipinski definition) is 5. The number of carbonyl (C=O) groups excluding carboxylic acids is 1. The average molecular weight is 447 g/mol. The van der Waals surface area contributed by atoms with Gasteiger partial charge in [-0.2, -0.15) is 5.26 Å². The normalized spacial score (nSPS) is 12.8. The largest absolute Gasteiger partial charge is 0.339 e. The highest BCUT2D eigenvalue weighted by Gasteiger charge is 2.22. The molecule has 0 bridgehead atoms. The van der Waals surface area contributed by atoms with Crippen molar-refractivity contribution in [2.45, 2.75) is 17.7 Å². The minimum absolute atomic E-state index is 0.0392. The molecule has 1 heterocycles. The molecule has 0 spiro atoms. The summed E-state index contributed by atoms with van der Waals surface area (Å²) in [5.41, 5.74) is 4.34. The van der Waals surface area contributed by atoms with E-state index in [1.54, 1.807) is 0 Å². The number of rotatable bonds is 7. The van der Waals surface area contributed by atoms with Gasteiger partial charge in [0.15, 0.2) is 0 Å². The molecule has 0 radical (unpaired) electrons. The third-order valence-corrected chi connectivity index (χ3v) is 6.76. The summed E-state index contributed by atoms with van der Waals surface area (Å²) in [4.78, 5) is 15.1. The standard InChI is InChI=1S/C24H22N4O3S/c25-15-5-16-26-32(30,31)20-12-10-19(11-13-20)24(29)27-21-7-2-4-9-23(21)28-17-14-18-6-1-3-8-22(18)28/h1-4,6-13,26H,5,14,16-17H2,(H,27,29). The van der Waals surface area contributed by atoms with E-state index in [9.17, 15) is 13.2 Å². The molecule has 8 heteroatoms. The Hall–Kier alpha value is -3.67. The van der Waals surface area contributed by atoms with Gasteiger partial charge in [0.25, 0.3) is 5.91 Å². The second-order valence-corrected chi connectivity index (χ2v) is 9.10. The lowest BCUT2D eigenvalue weighted by Gasteiger charge is -2.23. The van der Waals surface area contributed by atoms with Crippen LogP contribution in [0, 0.1) is 11.3 Å². The Morgan fingerprint density at radius 3 is 2.41 bits per heavy atom. The Labute approximate surface area is 187 Å². The highest BCUT2D eigenvalue weighted by Crippen LogP contribution is 2.38. The van der Waals surface area contributed by atoms with E-state index in [1.165, 1.54) is 29.8 Å². The van der Waals surface area contributed by atoms with Gasteiger partial charge in [0.2, 0.25) is 10.0 Å². The quantitative estimate of drug-likeness (QED) is 0.537. The summed E-state index contributed by atoms with van der Waals surface area (Å²) < 4.78 is 26.8. The van der Waals surface area contributed by atoms with Gasteiger partial charge in [0.1, 0.15) is 0 Å². The number of nitrogens with one attached hydrogen (secondary N) is 2. The fourth-order valence-electron chi connectivity index (χ4n) is 3.71. The summed E-state index contributed by atoms with van der Waals surface area (Å²) >= 11 is 0. The van der Waals surface area contributed by atoms with Gasteiger partial charge < -0.3 is 10.2 Å². The van der Waals surface area contributed by atoms with Crippen LogP contribution in [0.15, 0.2) is 77.7 Å². The number of amides is 1. The first-order chi connectivity index (χ1) is 15.5. The van der Waals surface area contributed by atoms with Gasteiger partial charge in [-0.25, -0.2) is 13.1 Å². The van der Waals surface area contributed by atoms with Crippen LogP contribution < -0.4 is 14.9 Å². The Morgan fingerprint density at radius 1 is 0.969 bits per heavy atom. The number of hydrogen-bond donors (Lipinski definition) is 2. The van der Waals surface area contributed by atoms with Crippen molar-refractivity contribution in [3.05, 3.63) is 83.9 Å². The molecule has 7 nitrogen and oxygen atoms in total. The van der Waals surface area contributed by atoms with Crippen LogP contribution in [0.3, 0.4) is 0 Å². The molecule has 0 atom stereocenters. The highest BCUT2D eigenvalue weighted by molar-refractivity contribution is 7.89. The number of sulfonamides is 1. The predicted octanol–water partition coefficient (Wildman–Crippen LogP) is 3.83. The van der Waals surface area contributed by atoms with E-state index in [2.05, 4.69) is 27.1 Å². The van der Waals surface area contributed by atoms with Crippen molar-refractivity contribution in [3.8, 4) is 6.07 Å². The van der Waals surface area contributed by atoms with Crippen molar-refractivity contribution in [2.75, 3.05) is 23.3 Å². The Kier molecular flexibility index (Phi) is 6.21. The van der Waals surface area contributed by atoms with Gasteiger partial charge in [-0.1, -0.05) is 30.3 Å². The van der Waals surface area contributed by atoms with E-state index in [0.717, 1.165) is 24.3 Å². The maximum absolute atomic E-state index is 12.9. The first-order valence-electron chi connectivity index (χ1n) is 10.2. The van der Waals surface area contributed by atoms with Gasteiger partial charge in [-0.15, -0.1) is 0 Å². The number of nitriles is 1. The molecule has 0 unspecified atom stereocenters. The van der Waals surface area contributed by atoms with Crippen LogP contribution in [0.25, 0.3) is 0 Å². The SMILES string of the molecule is N#CCCNS(=O)(=O)c1ccc(C(=O)Nc2ccccc2N2CCc3ccccc32)cc1. The molecular formula is C24H22N4O3S. The van der Waals surface area contributed by atoms with Crippen LogP contribution in [-0.4, -0.2) is 27.4 Å². The number of fused-ring (bicyclic) bond motifs is 1. The van der Waals surface area contributed by atoms with E-state index in [0.29, 0.717) is 11.3 Å². The van der Waals surface area contributed by atoms with Crippen molar-refractivity contribution in [3.63, 3.8) is 0 Å². The summed E-state index contributed by atoms with van der Waals surface area (Å²) in [6, 6.07) is 23.4. The lowest BCUT2D eigenvalue weighted by Crippen LogP contribution is -2.24. The predicted molar refractivity (Wildman–Crippen MR) is 123 cm³/mol. The fraction of sp³-hybridized carbons (Fsp3) is 0.167. The second-order valence-electron chi connectivity index (χ2n) is 7.33. The maximum Gasteiger partial charge on any atom is 0.255 e. The topological polar surface area (TPSA) is 102 Å². The van der Waals surface area contributed by atoms with Crippen LogP contribution in [0.4, 0.5) is 17.1 Å². The van der Waals surface area contributed by atoms with E-state index in [4.69, 9.17) is 5.26 Å². The van der Waals surface area contributed by atoms with Crippen molar-refractivity contribution in [2.24, 2.45) is 0 Å². The molecule has 1 aliphatic rings. The van der Waals surface area contributed by atoms with Crippen LogP contribution in [0.2, 0.25) is 0 Å². The third kappa shape index (κ3) is 4.49. The molecule has 0 aromatic heterocycles. The van der Waals surface area contributed by atoms with E-state index < -0.39 is 10.0 Å². The monoisotopic (exact) mass is 446 g/mol. The zero-order valence-electron chi connectivity index (χ0n) is 17.3. The van der Waals surface area contributed by atoms with Crippen molar-refractivity contribution >= 4 is 33.0 Å². The van der Waals surface area contributed by atoms with Gasteiger partial charge in [-0.3, -0.25) is 4.79 Å². The minimum Gasteiger partial charge on any atom is -0.339 e. The maximum atomic E-state index is 12.9. The molecule has 0 saturated carbocycles. The molecule has 1 aliphatic heterocycles. The second kappa shape index (κ2) is 9.22. The number of anilines is 3. The smallest absolute Gasteiger partial charge is 0.255 e. The molecule has 2 N–H and O–H groups in total. The zero-order chi connectivity index (χ0) is 22.6. The first-order valence-corrected chi connectivity index (χ1v) is 11.7. The van der Waals surface area contributed by atoms with Gasteiger partial charge in [0, 0.05) is 30.8 Å². The number of benzene rings is 3. The molecule has 3 aromatic rings. The van der Waals surface area contributed by atoms with Crippen molar-refractivity contribution in [1.29, 1.82) is 5.26 Å². The summed E-state index contributed by atoms with van der Waals surface area (Å²) in [6.07, 6.45) is 1.03. The lowest BCUT2D eigenvalue weighted by molar-refractivity contribution is 0.102. The molecule has 1 amide bonds. The minimum atomic E-state index is -3.72. The summed E-state index contributed by atoms with van der Waals surface area (Å²) in [5, 5.41) is 11.5. The van der Waals surface area contributed by atoms with E-state index in [-0.39, 0.29) is 23.8 Å². The van der Waals surface area contributed by atoms with E-state index >= 15 is 0 Å². The first kappa shape index (κ1) is 21.6. The van der Waals surface area contributed by atoms with Crippen molar-refractivity contribution < 1.29 is 13.2 Å². The molecule has 4 rings (SSSR count). The molecule has 3 aromatic carbocycles. The molecule has 0 saturated heterocycles. The number of para-hydroxylation sites is 3. The zero-order valence-corrected chi connectivity index (χ0v) is 18.1. The third-order valence-electron chi connectivity index (χ3n) is 5.29. The van der Waals surface area contributed by atoms with Crippen molar-refractivity contribution in [1.82, 2.24) is 4.72 Å². The number of carbonyl (C=O) groups is 1.